The molecule has 0 saturated heterocycles. The van der Waals surface area contributed by atoms with Crippen LogP contribution in [0.3, 0.4) is 0 Å². The van der Waals surface area contributed by atoms with Crippen LogP contribution < -0.4 is 0 Å². The molecule has 0 aromatic heterocycles. The molecule has 0 radical (unpaired) electrons. The molecule has 1 nitrogen and oxygen atoms in total. The highest BCUT2D eigenvalue weighted by Gasteiger charge is 2.07. The molecule has 104 valence electrons. The van der Waals surface area contributed by atoms with Crippen LogP contribution in [0.4, 0.5) is 0 Å². The van der Waals surface area contributed by atoms with E-state index in [1.807, 2.05) is 17.8 Å². The number of hydrogen-bond donors (Lipinski definition) is 0. The zero-order chi connectivity index (χ0) is 14.0. The van der Waals surface area contributed by atoms with Gasteiger partial charge in [-0.2, -0.15) is 0 Å². The first-order chi connectivity index (χ1) is 9.88. The van der Waals surface area contributed by atoms with E-state index in [9.17, 15) is 0 Å². The maximum Gasteiger partial charge on any atom is 0.0795 e. The van der Waals surface area contributed by atoms with Crippen molar-refractivity contribution < 1.29 is 4.74 Å². The summed E-state index contributed by atoms with van der Waals surface area (Å²) < 4.78 is 5.07. The van der Waals surface area contributed by atoms with Crippen molar-refractivity contribution in [3.63, 3.8) is 0 Å². The molecule has 1 unspecified atom stereocenters. The summed E-state index contributed by atoms with van der Waals surface area (Å²) >= 11 is 1.88. The SMILES string of the molecule is CO/C=C/C(CCc1ccccc1)Sc1ccccc1. The molecule has 20 heavy (non-hydrogen) atoms. The van der Waals surface area contributed by atoms with Crippen molar-refractivity contribution in [3.8, 4) is 0 Å². The smallest absolute Gasteiger partial charge is 0.0795 e. The zero-order valence-electron chi connectivity index (χ0n) is 11.7. The maximum absolute atomic E-state index is 5.07. The summed E-state index contributed by atoms with van der Waals surface area (Å²) in [5.74, 6) is 0. The van der Waals surface area contributed by atoms with Gasteiger partial charge >= 0.3 is 0 Å². The van der Waals surface area contributed by atoms with Crippen LogP contribution in [0.15, 0.2) is 77.9 Å². The third-order valence-corrected chi connectivity index (χ3v) is 4.26. The van der Waals surface area contributed by atoms with Crippen LogP contribution in [-0.4, -0.2) is 12.4 Å². The van der Waals surface area contributed by atoms with Crippen molar-refractivity contribution in [1.82, 2.24) is 0 Å². The van der Waals surface area contributed by atoms with Gasteiger partial charge in [0.25, 0.3) is 0 Å². The van der Waals surface area contributed by atoms with Crippen LogP contribution in [0.2, 0.25) is 0 Å². The predicted molar refractivity (Wildman–Crippen MR) is 87.0 cm³/mol. The van der Waals surface area contributed by atoms with Crippen LogP contribution in [-0.2, 0) is 11.2 Å². The molecule has 2 aromatic rings. The van der Waals surface area contributed by atoms with Crippen LogP contribution in [0.5, 0.6) is 0 Å². The minimum absolute atomic E-state index is 0.428. The van der Waals surface area contributed by atoms with Crippen LogP contribution in [0, 0.1) is 0 Å². The summed E-state index contributed by atoms with van der Waals surface area (Å²) in [7, 11) is 1.69. The topological polar surface area (TPSA) is 9.23 Å². The van der Waals surface area contributed by atoms with Crippen LogP contribution in [0.1, 0.15) is 12.0 Å². The quantitative estimate of drug-likeness (QED) is 0.526. The molecule has 1 atom stereocenters. The minimum atomic E-state index is 0.428. The Balaban J connectivity index is 1.95. The standard InChI is InChI=1S/C18H20OS/c1-19-15-14-18(20-17-10-6-3-7-11-17)13-12-16-8-4-2-5-9-16/h2-11,14-15,18H,12-13H2,1H3/b15-14+. The molecule has 0 fully saturated rings. The number of hydrogen-bond acceptors (Lipinski definition) is 2. The average Bonchev–Trinajstić information content (AvgIpc) is 2.52. The number of ether oxygens (including phenoxy) is 1. The van der Waals surface area contributed by atoms with Crippen molar-refractivity contribution in [2.24, 2.45) is 0 Å². The fraction of sp³-hybridized carbons (Fsp3) is 0.222. The lowest BCUT2D eigenvalue weighted by Crippen LogP contribution is -2.01. The van der Waals surface area contributed by atoms with E-state index < -0.39 is 0 Å². The Kier molecular flexibility index (Phi) is 6.25. The predicted octanol–water partition coefficient (Wildman–Crippen LogP) is 4.94. The third-order valence-electron chi connectivity index (χ3n) is 3.02. The van der Waals surface area contributed by atoms with E-state index in [1.54, 1.807) is 13.4 Å². The Bertz CT molecular complexity index is 507. The van der Waals surface area contributed by atoms with Gasteiger partial charge in [0.1, 0.15) is 0 Å². The van der Waals surface area contributed by atoms with Crippen LogP contribution in [0.25, 0.3) is 0 Å². The summed E-state index contributed by atoms with van der Waals surface area (Å²) in [6, 6.07) is 21.1. The van der Waals surface area contributed by atoms with Crippen LogP contribution >= 0.6 is 11.8 Å². The molecular weight excluding hydrogens is 264 g/mol. The van der Waals surface area contributed by atoms with Crippen molar-refractivity contribution in [1.29, 1.82) is 0 Å². The molecule has 0 bridgehead atoms. The second-order valence-electron chi connectivity index (χ2n) is 4.56. The highest BCUT2D eigenvalue weighted by atomic mass is 32.2. The number of thioether (sulfide) groups is 1. The normalized spacial score (nSPS) is 12.4. The summed E-state index contributed by atoms with van der Waals surface area (Å²) in [5, 5.41) is 0.428. The molecule has 0 saturated carbocycles. The van der Waals surface area contributed by atoms with Crippen molar-refractivity contribution in [3.05, 3.63) is 78.6 Å². The molecule has 2 heteroatoms. The van der Waals surface area contributed by atoms with Gasteiger partial charge in [0, 0.05) is 10.1 Å². The molecule has 0 spiro atoms. The van der Waals surface area contributed by atoms with Gasteiger partial charge in [-0.25, -0.2) is 0 Å². The van der Waals surface area contributed by atoms with E-state index in [0.29, 0.717) is 5.25 Å². The highest BCUT2D eigenvalue weighted by Crippen LogP contribution is 2.27. The Hall–Kier alpha value is -1.67. The third kappa shape index (κ3) is 5.14. The van der Waals surface area contributed by atoms with E-state index >= 15 is 0 Å². The monoisotopic (exact) mass is 284 g/mol. The molecule has 0 heterocycles. The summed E-state index contributed by atoms with van der Waals surface area (Å²) in [5.41, 5.74) is 1.39. The summed E-state index contributed by atoms with van der Waals surface area (Å²) in [6.45, 7) is 0. The first-order valence-electron chi connectivity index (χ1n) is 6.83. The fourth-order valence-corrected chi connectivity index (χ4v) is 3.03. The van der Waals surface area contributed by atoms with Crippen molar-refractivity contribution in [2.75, 3.05) is 7.11 Å². The lowest BCUT2D eigenvalue weighted by atomic mass is 10.1. The van der Waals surface area contributed by atoms with E-state index in [-0.39, 0.29) is 0 Å². The summed E-state index contributed by atoms with van der Waals surface area (Å²) in [4.78, 5) is 1.30. The van der Waals surface area contributed by atoms with E-state index in [4.69, 9.17) is 4.74 Å². The van der Waals surface area contributed by atoms with Crippen molar-refractivity contribution >= 4 is 11.8 Å². The Labute approximate surface area is 125 Å². The zero-order valence-corrected chi connectivity index (χ0v) is 12.6. The molecule has 0 aliphatic heterocycles. The van der Waals surface area contributed by atoms with Gasteiger partial charge in [-0.05, 0) is 36.6 Å². The molecule has 2 rings (SSSR count). The molecular formula is C18H20OS. The number of methoxy groups -OCH3 is 1. The summed E-state index contributed by atoms with van der Waals surface area (Å²) in [6.07, 6.45) is 6.11. The van der Waals surface area contributed by atoms with Gasteiger partial charge in [0.15, 0.2) is 0 Å². The lowest BCUT2D eigenvalue weighted by molar-refractivity contribution is 0.336. The second-order valence-corrected chi connectivity index (χ2v) is 5.87. The molecule has 2 aromatic carbocycles. The molecule has 0 aliphatic rings. The molecule has 0 amide bonds. The number of rotatable bonds is 7. The number of aryl methyl sites for hydroxylation is 1. The largest absolute Gasteiger partial charge is 0.505 e. The van der Waals surface area contributed by atoms with Gasteiger partial charge in [-0.1, -0.05) is 48.5 Å². The van der Waals surface area contributed by atoms with E-state index in [2.05, 4.69) is 60.7 Å². The van der Waals surface area contributed by atoms with Gasteiger partial charge in [-0.15, -0.1) is 11.8 Å². The Morgan fingerprint density at radius 2 is 1.65 bits per heavy atom. The molecule has 0 N–H and O–H groups in total. The highest BCUT2D eigenvalue weighted by molar-refractivity contribution is 8.00. The van der Waals surface area contributed by atoms with Gasteiger partial charge in [0.05, 0.1) is 13.4 Å². The van der Waals surface area contributed by atoms with Crippen molar-refractivity contribution in [2.45, 2.75) is 23.0 Å². The van der Waals surface area contributed by atoms with E-state index in [1.165, 1.54) is 10.5 Å². The molecule has 0 aliphatic carbocycles. The maximum atomic E-state index is 5.07. The van der Waals surface area contributed by atoms with Gasteiger partial charge in [-0.3, -0.25) is 0 Å². The number of benzene rings is 2. The Morgan fingerprint density at radius 1 is 1.00 bits per heavy atom. The lowest BCUT2D eigenvalue weighted by Gasteiger charge is -2.12. The average molecular weight is 284 g/mol. The first kappa shape index (κ1) is 14.7. The van der Waals surface area contributed by atoms with E-state index in [0.717, 1.165) is 12.8 Å². The fourth-order valence-electron chi connectivity index (χ4n) is 1.99. The second kappa shape index (κ2) is 8.49. The Morgan fingerprint density at radius 3 is 2.30 bits per heavy atom. The van der Waals surface area contributed by atoms with Gasteiger partial charge in [0.2, 0.25) is 0 Å². The first-order valence-corrected chi connectivity index (χ1v) is 7.71. The van der Waals surface area contributed by atoms with Gasteiger partial charge < -0.3 is 4.74 Å². The minimum Gasteiger partial charge on any atom is -0.505 e.